The maximum absolute atomic E-state index is 5.67. The van der Waals surface area contributed by atoms with Crippen LogP contribution in [0.4, 0.5) is 0 Å². The molecule has 2 aromatic rings. The van der Waals surface area contributed by atoms with Gasteiger partial charge in [-0.3, -0.25) is 0 Å². The van der Waals surface area contributed by atoms with Gasteiger partial charge in [0, 0.05) is 5.17 Å². The number of terminal acetylenes is 2. The van der Waals surface area contributed by atoms with Gasteiger partial charge in [-0.1, -0.05) is 36.3 Å². The summed E-state index contributed by atoms with van der Waals surface area (Å²) in [6.07, 6.45) is 12.2. The molecule has 0 fully saturated rings. The fraction of sp³-hybridized carbons (Fsp3) is 0.0625. The number of hydrogen-bond acceptors (Lipinski definition) is 0. The Balaban J connectivity index is 2.33. The Hall–Kier alpha value is -2.09. The van der Waals surface area contributed by atoms with Gasteiger partial charge in [0.2, 0.25) is 0 Å². The Morgan fingerprint density at radius 3 is 2.59 bits per heavy atom. The molecule has 1 aromatic carbocycles. The highest BCUT2D eigenvalue weighted by Gasteiger charge is 2.21. The maximum Gasteiger partial charge on any atom is 0.151 e. The zero-order valence-corrected chi connectivity index (χ0v) is 10.3. The van der Waals surface area contributed by atoms with E-state index < -0.39 is 8.40 Å². The van der Waals surface area contributed by atoms with Gasteiger partial charge in [0.1, 0.15) is 0 Å². The van der Waals surface area contributed by atoms with Crippen molar-refractivity contribution in [3.05, 3.63) is 52.3 Å². The number of benzene rings is 1. The summed E-state index contributed by atoms with van der Waals surface area (Å²) >= 11 is 0. The van der Waals surface area contributed by atoms with Crippen LogP contribution in [0.1, 0.15) is 15.9 Å². The first-order valence-electron chi connectivity index (χ1n) is 5.52. The van der Waals surface area contributed by atoms with E-state index in [1.165, 1.54) is 21.9 Å². The van der Waals surface area contributed by atoms with E-state index in [0.29, 0.717) is 0 Å². The molecular formula is C16H10Si. The molecule has 0 N–H and O–H groups in total. The second-order valence-corrected chi connectivity index (χ2v) is 6.32. The fourth-order valence-electron chi connectivity index (χ4n) is 2.50. The van der Waals surface area contributed by atoms with Gasteiger partial charge < -0.3 is 0 Å². The lowest BCUT2D eigenvalue weighted by molar-refractivity contribution is 1.30. The summed E-state index contributed by atoms with van der Waals surface area (Å²) in [6, 6.07) is 12.6. The van der Waals surface area contributed by atoms with Crippen molar-refractivity contribution in [2.45, 2.75) is 6.42 Å². The molecule has 0 atom stereocenters. The van der Waals surface area contributed by atoms with Crippen molar-refractivity contribution in [1.82, 2.24) is 0 Å². The van der Waals surface area contributed by atoms with Gasteiger partial charge in [-0.2, -0.15) is 0 Å². The fourth-order valence-corrected chi connectivity index (χ4v) is 4.40. The molecule has 1 aliphatic rings. The van der Waals surface area contributed by atoms with Crippen LogP contribution < -0.4 is 0 Å². The first-order valence-corrected chi connectivity index (χ1v) is 7.02. The van der Waals surface area contributed by atoms with Crippen LogP contribution in [0.3, 0.4) is 0 Å². The Bertz CT molecular complexity index is 696. The summed E-state index contributed by atoms with van der Waals surface area (Å²) in [5.41, 5.74) is 6.94. The molecule has 1 heteroatoms. The molecule has 0 amide bonds. The molecule has 1 aliphatic carbocycles. The third-order valence-corrected chi connectivity index (χ3v) is 5.48. The number of rotatable bonds is 0. The van der Waals surface area contributed by atoms with E-state index in [9.17, 15) is 0 Å². The Kier molecular flexibility index (Phi) is 2.22. The van der Waals surface area contributed by atoms with E-state index in [1.54, 1.807) is 0 Å². The van der Waals surface area contributed by atoms with Crippen molar-refractivity contribution in [2.24, 2.45) is 0 Å². The standard InChI is InChI=1S/C16H10Si/c1-3-13-9-10-15-14-8-6-5-7-12(14)11-16(15)17(13)4-2/h1-2,5-10H,11H2. The topological polar surface area (TPSA) is 0 Å². The van der Waals surface area contributed by atoms with Crippen LogP contribution in [0, 0.1) is 24.3 Å². The Morgan fingerprint density at radius 2 is 1.82 bits per heavy atom. The average molecular weight is 230 g/mol. The second kappa shape index (κ2) is 3.73. The molecule has 0 spiro atoms. The van der Waals surface area contributed by atoms with Gasteiger partial charge in [-0.15, -0.1) is 18.4 Å². The van der Waals surface area contributed by atoms with Gasteiger partial charge in [0.25, 0.3) is 0 Å². The quantitative estimate of drug-likeness (QED) is 0.411. The minimum Gasteiger partial charge on any atom is -0.122 e. The van der Waals surface area contributed by atoms with E-state index >= 15 is 0 Å². The summed E-state index contributed by atoms with van der Waals surface area (Å²) in [4.78, 5) is 0. The summed E-state index contributed by atoms with van der Waals surface area (Å²) < 4.78 is 0. The van der Waals surface area contributed by atoms with Crippen molar-refractivity contribution in [2.75, 3.05) is 0 Å². The van der Waals surface area contributed by atoms with Crippen molar-refractivity contribution in [1.29, 1.82) is 0 Å². The normalized spacial score (nSPS) is 11.2. The van der Waals surface area contributed by atoms with E-state index in [-0.39, 0.29) is 0 Å². The van der Waals surface area contributed by atoms with Gasteiger partial charge in [-0.25, -0.2) is 0 Å². The van der Waals surface area contributed by atoms with Crippen LogP contribution >= 0.6 is 0 Å². The van der Waals surface area contributed by atoms with Gasteiger partial charge in [0.15, 0.2) is 8.40 Å². The molecule has 0 saturated carbocycles. The van der Waals surface area contributed by atoms with Crippen LogP contribution in [0.15, 0.2) is 36.4 Å². The molecule has 1 heterocycles. The second-order valence-electron chi connectivity index (χ2n) is 4.14. The van der Waals surface area contributed by atoms with Gasteiger partial charge in [-0.05, 0) is 34.4 Å². The lowest BCUT2D eigenvalue weighted by atomic mass is 10.1. The SMILES string of the molecule is C#Cc1ccc2c([si]1C#C)Cc1ccccc1-2. The molecular weight excluding hydrogens is 220 g/mol. The van der Waals surface area contributed by atoms with Crippen LogP contribution in [0.5, 0.6) is 0 Å². The largest absolute Gasteiger partial charge is 0.151 e. The summed E-state index contributed by atoms with van der Waals surface area (Å²) in [7, 11) is -1.12. The van der Waals surface area contributed by atoms with Crippen LogP contribution in [0.2, 0.25) is 0 Å². The predicted molar refractivity (Wildman–Crippen MR) is 72.8 cm³/mol. The predicted octanol–water partition coefficient (Wildman–Crippen LogP) is 2.70. The molecule has 0 unspecified atom stereocenters. The Morgan fingerprint density at radius 1 is 1.00 bits per heavy atom. The molecule has 78 valence electrons. The molecule has 0 aliphatic heterocycles. The molecule has 0 nitrogen and oxygen atoms in total. The molecule has 3 rings (SSSR count). The van der Waals surface area contributed by atoms with Crippen molar-refractivity contribution in [3.63, 3.8) is 0 Å². The summed E-state index contributed by atoms with van der Waals surface area (Å²) in [6.45, 7) is 0. The van der Waals surface area contributed by atoms with Crippen molar-refractivity contribution < 1.29 is 0 Å². The van der Waals surface area contributed by atoms with Crippen LogP contribution in [-0.2, 0) is 6.42 Å². The zero-order chi connectivity index (χ0) is 11.8. The minimum absolute atomic E-state index is 0.972. The van der Waals surface area contributed by atoms with E-state index in [2.05, 4.69) is 41.8 Å². The summed E-state index contributed by atoms with van der Waals surface area (Å²) in [5, 5.41) is 2.39. The van der Waals surface area contributed by atoms with Crippen LogP contribution in [-0.4, -0.2) is 8.40 Å². The van der Waals surface area contributed by atoms with E-state index in [0.717, 1.165) is 11.6 Å². The highest BCUT2D eigenvalue weighted by atomic mass is 28.2. The smallest absolute Gasteiger partial charge is 0.122 e. The molecule has 0 bridgehead atoms. The molecule has 1 aromatic heterocycles. The minimum atomic E-state index is -1.12. The highest BCUT2D eigenvalue weighted by molar-refractivity contribution is 6.66. The average Bonchev–Trinajstić information content (AvgIpc) is 2.75. The maximum atomic E-state index is 5.67. The highest BCUT2D eigenvalue weighted by Crippen LogP contribution is 2.36. The first-order chi connectivity index (χ1) is 8.35. The van der Waals surface area contributed by atoms with E-state index in [4.69, 9.17) is 12.8 Å². The van der Waals surface area contributed by atoms with Gasteiger partial charge in [0.05, 0.1) is 0 Å². The third-order valence-electron chi connectivity index (χ3n) is 3.29. The molecule has 0 radical (unpaired) electrons. The lowest BCUT2D eigenvalue weighted by Crippen LogP contribution is -2.05. The Labute approximate surface area is 103 Å². The van der Waals surface area contributed by atoms with Crippen molar-refractivity contribution in [3.8, 4) is 35.4 Å². The van der Waals surface area contributed by atoms with E-state index in [1.807, 2.05) is 6.07 Å². The third kappa shape index (κ3) is 1.37. The lowest BCUT2D eigenvalue weighted by Gasteiger charge is -2.04. The number of hydrogen-bond donors (Lipinski definition) is 0. The van der Waals surface area contributed by atoms with Gasteiger partial charge >= 0.3 is 0 Å². The summed E-state index contributed by atoms with van der Waals surface area (Å²) in [5.74, 6) is 2.74. The zero-order valence-electron chi connectivity index (χ0n) is 9.33. The van der Waals surface area contributed by atoms with Crippen LogP contribution in [0.25, 0.3) is 11.1 Å². The first kappa shape index (κ1) is 10.1. The molecule has 0 saturated heterocycles. The number of fused-ring (bicyclic) bond motifs is 3. The monoisotopic (exact) mass is 230 g/mol. The van der Waals surface area contributed by atoms with Crippen molar-refractivity contribution >= 4 is 8.40 Å². The molecule has 17 heavy (non-hydrogen) atoms.